The van der Waals surface area contributed by atoms with Gasteiger partial charge >= 0.3 is 7.75 Å². The topological polar surface area (TPSA) is 50.8 Å². The summed E-state index contributed by atoms with van der Waals surface area (Å²) in [6, 6.07) is 8.00. The average Bonchev–Trinajstić information content (AvgIpc) is 2.35. The predicted molar refractivity (Wildman–Crippen MR) is 73.6 cm³/mol. The second kappa shape index (κ2) is 6.34. The molecule has 5 nitrogen and oxygen atoms in total. The largest absolute Gasteiger partial charge is 0.422 e. The molecule has 1 aromatic carbocycles. The molecule has 0 saturated heterocycles. The van der Waals surface area contributed by atoms with Crippen LogP contribution < -0.4 is 10.2 Å². The van der Waals surface area contributed by atoms with Gasteiger partial charge in [0, 0.05) is 20.3 Å². The lowest BCUT2D eigenvalue weighted by Gasteiger charge is -2.31. The standard InChI is InChI=1S/C12H21N2O3P/c1-10(2)14(13-18(15,16-4)17-5)12-8-6-7-11(3)9-12/h6-10H,1-5H3,(H,13,15). The van der Waals surface area contributed by atoms with Crippen molar-refractivity contribution in [3.8, 4) is 0 Å². The average molecular weight is 272 g/mol. The molecule has 0 saturated carbocycles. The van der Waals surface area contributed by atoms with E-state index in [2.05, 4.69) is 5.20 Å². The van der Waals surface area contributed by atoms with Crippen LogP contribution in [0.15, 0.2) is 24.3 Å². The number of hydrazine groups is 1. The highest BCUT2D eigenvalue weighted by atomic mass is 31.2. The molecular weight excluding hydrogens is 251 g/mol. The Bertz CT molecular complexity index is 429. The molecule has 102 valence electrons. The molecule has 1 rings (SSSR count). The minimum atomic E-state index is -3.30. The van der Waals surface area contributed by atoms with Gasteiger partial charge in [-0.15, -0.1) is 5.20 Å². The van der Waals surface area contributed by atoms with E-state index in [4.69, 9.17) is 9.05 Å². The summed E-state index contributed by atoms with van der Waals surface area (Å²) < 4.78 is 21.9. The Morgan fingerprint density at radius 2 is 1.89 bits per heavy atom. The van der Waals surface area contributed by atoms with Crippen LogP contribution in [0.5, 0.6) is 0 Å². The van der Waals surface area contributed by atoms with E-state index in [0.29, 0.717) is 0 Å². The maximum Gasteiger partial charge on any atom is 0.422 e. The fourth-order valence-corrected chi connectivity index (χ4v) is 2.46. The Morgan fingerprint density at radius 3 is 2.33 bits per heavy atom. The first-order chi connectivity index (χ1) is 8.41. The van der Waals surface area contributed by atoms with Gasteiger partial charge < -0.3 is 0 Å². The van der Waals surface area contributed by atoms with Gasteiger partial charge in [0.1, 0.15) is 0 Å². The summed E-state index contributed by atoms with van der Waals surface area (Å²) in [5.74, 6) is 0. The van der Waals surface area contributed by atoms with E-state index in [1.54, 1.807) is 5.01 Å². The lowest BCUT2D eigenvalue weighted by molar-refractivity contribution is 0.261. The fourth-order valence-electron chi connectivity index (χ4n) is 1.54. The minimum Gasteiger partial charge on any atom is -0.299 e. The van der Waals surface area contributed by atoms with Gasteiger partial charge in [0.25, 0.3) is 0 Å². The molecule has 0 aromatic heterocycles. The quantitative estimate of drug-likeness (QED) is 0.637. The first kappa shape index (κ1) is 15.2. The number of nitrogens with zero attached hydrogens (tertiary/aromatic N) is 1. The van der Waals surface area contributed by atoms with Crippen LogP contribution in [0.2, 0.25) is 0 Å². The number of aryl methyl sites for hydroxylation is 1. The van der Waals surface area contributed by atoms with E-state index in [1.165, 1.54) is 14.2 Å². The summed E-state index contributed by atoms with van der Waals surface area (Å²) in [4.78, 5) is 0. The highest BCUT2D eigenvalue weighted by molar-refractivity contribution is 7.51. The van der Waals surface area contributed by atoms with Crippen molar-refractivity contribution in [2.24, 2.45) is 0 Å². The van der Waals surface area contributed by atoms with E-state index in [1.807, 2.05) is 45.0 Å². The molecule has 0 radical (unpaired) electrons. The van der Waals surface area contributed by atoms with Crippen molar-refractivity contribution in [2.45, 2.75) is 26.8 Å². The SMILES string of the molecule is COP(=O)(NN(c1cccc(C)c1)C(C)C)OC. The summed E-state index contributed by atoms with van der Waals surface area (Å²) in [5.41, 5.74) is 2.05. The maximum absolute atomic E-state index is 12.1. The van der Waals surface area contributed by atoms with E-state index in [-0.39, 0.29) is 6.04 Å². The van der Waals surface area contributed by atoms with Gasteiger partial charge in [-0.2, -0.15) is 0 Å². The fraction of sp³-hybridized carbons (Fsp3) is 0.500. The van der Waals surface area contributed by atoms with Gasteiger partial charge in [-0.25, -0.2) is 4.57 Å². The summed E-state index contributed by atoms with van der Waals surface area (Å²) in [6.45, 7) is 5.99. The number of hydrogen-bond acceptors (Lipinski definition) is 4. The predicted octanol–water partition coefficient (Wildman–Crippen LogP) is 3.12. The van der Waals surface area contributed by atoms with Crippen LogP contribution in [0.1, 0.15) is 19.4 Å². The number of hydrogen-bond donors (Lipinski definition) is 1. The van der Waals surface area contributed by atoms with Crippen LogP contribution in [0.3, 0.4) is 0 Å². The first-order valence-corrected chi connectivity index (χ1v) is 7.31. The normalized spacial score (nSPS) is 11.9. The van der Waals surface area contributed by atoms with Crippen molar-refractivity contribution in [2.75, 3.05) is 19.2 Å². The first-order valence-electron chi connectivity index (χ1n) is 5.77. The third-order valence-corrected chi connectivity index (χ3v) is 3.93. The van der Waals surface area contributed by atoms with E-state index < -0.39 is 7.75 Å². The van der Waals surface area contributed by atoms with Gasteiger partial charge in [0.2, 0.25) is 0 Å². The third-order valence-electron chi connectivity index (χ3n) is 2.51. The molecule has 0 amide bonds. The lowest BCUT2D eigenvalue weighted by Crippen LogP contribution is -2.41. The van der Waals surface area contributed by atoms with Gasteiger partial charge in [-0.05, 0) is 38.5 Å². The molecule has 0 bridgehead atoms. The second-order valence-electron chi connectivity index (χ2n) is 4.27. The highest BCUT2D eigenvalue weighted by Crippen LogP contribution is 2.42. The zero-order chi connectivity index (χ0) is 13.8. The van der Waals surface area contributed by atoms with Crippen molar-refractivity contribution in [3.63, 3.8) is 0 Å². The molecule has 0 heterocycles. The van der Waals surface area contributed by atoms with Crippen molar-refractivity contribution in [3.05, 3.63) is 29.8 Å². The molecule has 1 N–H and O–H groups in total. The molecule has 0 unspecified atom stereocenters. The van der Waals surface area contributed by atoms with E-state index in [0.717, 1.165) is 11.3 Å². The van der Waals surface area contributed by atoms with Gasteiger partial charge in [-0.1, -0.05) is 12.1 Å². The maximum atomic E-state index is 12.1. The van der Waals surface area contributed by atoms with Gasteiger partial charge in [-0.3, -0.25) is 14.1 Å². The molecule has 0 fully saturated rings. The monoisotopic (exact) mass is 272 g/mol. The number of rotatable bonds is 6. The number of benzene rings is 1. The van der Waals surface area contributed by atoms with Gasteiger partial charge in [0.05, 0.1) is 5.69 Å². The summed E-state index contributed by atoms with van der Waals surface area (Å²) in [6.07, 6.45) is 0. The van der Waals surface area contributed by atoms with Crippen LogP contribution in [0.25, 0.3) is 0 Å². The molecule has 0 atom stereocenters. The Balaban J connectivity index is 3.01. The molecule has 18 heavy (non-hydrogen) atoms. The lowest BCUT2D eigenvalue weighted by atomic mass is 10.2. The molecule has 0 aliphatic carbocycles. The summed E-state index contributed by atoms with van der Waals surface area (Å²) >= 11 is 0. The Morgan fingerprint density at radius 1 is 1.28 bits per heavy atom. The van der Waals surface area contributed by atoms with Crippen molar-refractivity contribution < 1.29 is 13.6 Å². The number of nitrogens with one attached hydrogen (secondary N) is 1. The Hall–Kier alpha value is -0.870. The number of anilines is 1. The van der Waals surface area contributed by atoms with Crippen LogP contribution in [-0.4, -0.2) is 20.3 Å². The van der Waals surface area contributed by atoms with Crippen molar-refractivity contribution in [1.29, 1.82) is 0 Å². The zero-order valence-corrected chi connectivity index (χ0v) is 12.4. The molecule has 1 aromatic rings. The van der Waals surface area contributed by atoms with E-state index in [9.17, 15) is 4.57 Å². The summed E-state index contributed by atoms with van der Waals surface area (Å²) in [7, 11) is -0.589. The smallest absolute Gasteiger partial charge is 0.299 e. The zero-order valence-electron chi connectivity index (χ0n) is 11.5. The molecular formula is C12H21N2O3P. The minimum absolute atomic E-state index is 0.102. The van der Waals surface area contributed by atoms with Crippen LogP contribution in [0, 0.1) is 6.92 Å². The summed E-state index contributed by atoms with van der Waals surface area (Å²) in [5, 5.41) is 4.60. The van der Waals surface area contributed by atoms with Gasteiger partial charge in [0.15, 0.2) is 0 Å². The van der Waals surface area contributed by atoms with Crippen LogP contribution >= 0.6 is 7.75 Å². The molecule has 0 spiro atoms. The van der Waals surface area contributed by atoms with Crippen molar-refractivity contribution >= 4 is 13.4 Å². The Kier molecular flexibility index (Phi) is 5.35. The van der Waals surface area contributed by atoms with Crippen molar-refractivity contribution in [1.82, 2.24) is 5.20 Å². The van der Waals surface area contributed by atoms with Crippen LogP contribution in [0.4, 0.5) is 5.69 Å². The van der Waals surface area contributed by atoms with E-state index >= 15 is 0 Å². The third kappa shape index (κ3) is 3.82. The van der Waals surface area contributed by atoms with Crippen LogP contribution in [-0.2, 0) is 13.6 Å². The molecule has 6 heteroatoms. The molecule has 0 aliphatic rings. The second-order valence-corrected chi connectivity index (χ2v) is 6.19. The Labute approximate surface area is 109 Å². The highest BCUT2D eigenvalue weighted by Gasteiger charge is 2.26. The molecule has 0 aliphatic heterocycles.